The van der Waals surface area contributed by atoms with Gasteiger partial charge in [-0.3, -0.25) is 9.48 Å². The molecule has 35 heavy (non-hydrogen) atoms. The van der Waals surface area contributed by atoms with Crippen molar-refractivity contribution >= 4 is 11.7 Å². The minimum absolute atomic E-state index is 0.0422. The molecule has 1 amide bonds. The van der Waals surface area contributed by atoms with Crippen molar-refractivity contribution in [1.29, 1.82) is 0 Å². The summed E-state index contributed by atoms with van der Waals surface area (Å²) in [6.45, 7) is 0.450. The quantitative estimate of drug-likeness (QED) is 0.499. The Hall–Kier alpha value is -3.72. The lowest BCUT2D eigenvalue weighted by Gasteiger charge is -2.08. The number of rotatable bonds is 6. The molecule has 2 aromatic heterocycles. The summed E-state index contributed by atoms with van der Waals surface area (Å²) in [4.78, 5) is 16.3. The van der Waals surface area contributed by atoms with Crippen molar-refractivity contribution in [2.45, 2.75) is 31.9 Å². The van der Waals surface area contributed by atoms with Crippen LogP contribution < -0.4 is 11.1 Å². The third-order valence-electron chi connectivity index (χ3n) is 5.22. The van der Waals surface area contributed by atoms with E-state index in [1.165, 1.54) is 12.1 Å². The van der Waals surface area contributed by atoms with Crippen molar-refractivity contribution in [2.24, 2.45) is 12.8 Å². The van der Waals surface area contributed by atoms with E-state index in [9.17, 15) is 18.0 Å². The van der Waals surface area contributed by atoms with Gasteiger partial charge in [0.25, 0.3) is 0 Å². The first-order valence-electron chi connectivity index (χ1n) is 11.2. The van der Waals surface area contributed by atoms with Gasteiger partial charge in [-0.2, -0.15) is 18.3 Å². The van der Waals surface area contributed by atoms with Gasteiger partial charge in [0.1, 0.15) is 5.82 Å². The molecule has 1 aromatic carbocycles. The number of nitrogens with one attached hydrogen (secondary N) is 1. The summed E-state index contributed by atoms with van der Waals surface area (Å²) in [6.07, 6.45) is 10.5. The SMILES string of the molecule is Cn1cc(-c2ccc(NC(=O)CC3=CCCC=C3)nc2)cn1.NCCc1ccc(C(F)(F)F)cc1. The molecule has 6 nitrogen and oxygen atoms in total. The Morgan fingerprint density at radius 1 is 1.09 bits per heavy atom. The number of allylic oxidation sites excluding steroid dienone is 3. The van der Waals surface area contributed by atoms with Crippen LogP contribution in [0.15, 0.2) is 78.8 Å². The lowest BCUT2D eigenvalue weighted by atomic mass is 10.0. The topological polar surface area (TPSA) is 85.8 Å². The molecule has 0 saturated heterocycles. The zero-order valence-electron chi connectivity index (χ0n) is 19.4. The minimum atomic E-state index is -4.25. The van der Waals surface area contributed by atoms with Crippen LogP contribution in [-0.2, 0) is 24.4 Å². The number of amides is 1. The molecule has 0 aliphatic heterocycles. The van der Waals surface area contributed by atoms with Crippen LogP contribution in [0.3, 0.4) is 0 Å². The number of carbonyl (C=O) groups excluding carboxylic acids is 1. The van der Waals surface area contributed by atoms with Crippen LogP contribution in [-0.4, -0.2) is 27.2 Å². The van der Waals surface area contributed by atoms with Gasteiger partial charge in [-0.05, 0) is 61.2 Å². The van der Waals surface area contributed by atoms with E-state index in [0.717, 1.165) is 47.2 Å². The zero-order valence-corrected chi connectivity index (χ0v) is 19.4. The summed E-state index contributed by atoms with van der Waals surface area (Å²) in [5, 5.41) is 6.96. The summed E-state index contributed by atoms with van der Waals surface area (Å²) in [5.41, 5.74) is 8.52. The third-order valence-corrected chi connectivity index (χ3v) is 5.22. The Balaban J connectivity index is 0.000000225. The van der Waals surface area contributed by atoms with E-state index in [2.05, 4.69) is 27.6 Å². The molecule has 0 unspecified atom stereocenters. The molecule has 0 atom stereocenters. The number of anilines is 1. The van der Waals surface area contributed by atoms with Gasteiger partial charge in [-0.1, -0.05) is 30.4 Å². The van der Waals surface area contributed by atoms with E-state index < -0.39 is 11.7 Å². The summed E-state index contributed by atoms with van der Waals surface area (Å²) in [7, 11) is 1.87. The van der Waals surface area contributed by atoms with E-state index in [1.54, 1.807) is 17.1 Å². The van der Waals surface area contributed by atoms with Crippen molar-refractivity contribution in [1.82, 2.24) is 14.8 Å². The van der Waals surface area contributed by atoms with E-state index in [1.807, 2.05) is 31.5 Å². The molecular weight excluding hydrogens is 455 g/mol. The predicted octanol–water partition coefficient (Wildman–Crippen LogP) is 5.29. The highest BCUT2D eigenvalue weighted by atomic mass is 19.4. The first kappa shape index (κ1) is 25.9. The fourth-order valence-corrected chi connectivity index (χ4v) is 3.41. The molecule has 3 N–H and O–H groups in total. The average molecular weight is 484 g/mol. The van der Waals surface area contributed by atoms with Crippen LogP contribution in [0.1, 0.15) is 30.4 Å². The fraction of sp³-hybridized carbons (Fsp3) is 0.269. The maximum absolute atomic E-state index is 12.1. The number of pyridine rings is 1. The Morgan fingerprint density at radius 2 is 1.86 bits per heavy atom. The minimum Gasteiger partial charge on any atom is -0.330 e. The second kappa shape index (κ2) is 12.1. The standard InChI is InChI=1S/C17H18N4O.C9H10F3N/c1-21-12-15(11-19-21)14-7-8-16(18-10-14)20-17(22)9-13-5-3-2-4-6-13;10-9(11,12)8-3-1-7(2-4-8)5-6-13/h3,5-8,10-12H,2,4,9H2,1H3,(H,18,20,22);1-4H,5-6,13H2. The van der Waals surface area contributed by atoms with Crippen LogP contribution in [0.4, 0.5) is 19.0 Å². The molecule has 4 rings (SSSR count). The molecular formula is C26H28F3N5O. The monoisotopic (exact) mass is 483 g/mol. The normalized spacial score (nSPS) is 13.0. The van der Waals surface area contributed by atoms with Crippen LogP contribution in [0.5, 0.6) is 0 Å². The van der Waals surface area contributed by atoms with Gasteiger partial charge in [-0.25, -0.2) is 4.98 Å². The molecule has 1 aliphatic rings. The van der Waals surface area contributed by atoms with Gasteiger partial charge in [-0.15, -0.1) is 0 Å². The number of aromatic nitrogens is 3. The lowest BCUT2D eigenvalue weighted by Crippen LogP contribution is -2.13. The molecule has 0 saturated carbocycles. The Kier molecular flexibility index (Phi) is 8.97. The highest BCUT2D eigenvalue weighted by Gasteiger charge is 2.29. The molecule has 0 bridgehead atoms. The van der Waals surface area contributed by atoms with Gasteiger partial charge in [0.2, 0.25) is 5.91 Å². The second-order valence-electron chi connectivity index (χ2n) is 8.05. The van der Waals surface area contributed by atoms with E-state index >= 15 is 0 Å². The third kappa shape index (κ3) is 8.22. The fourth-order valence-electron chi connectivity index (χ4n) is 3.41. The maximum Gasteiger partial charge on any atom is 0.416 e. The van der Waals surface area contributed by atoms with Crippen molar-refractivity contribution < 1.29 is 18.0 Å². The summed E-state index contributed by atoms with van der Waals surface area (Å²) >= 11 is 0. The van der Waals surface area contributed by atoms with Crippen molar-refractivity contribution in [3.05, 3.63) is 89.9 Å². The molecule has 1 aliphatic carbocycles. The summed E-state index contributed by atoms with van der Waals surface area (Å²) in [5.74, 6) is 0.525. The van der Waals surface area contributed by atoms with Gasteiger partial charge < -0.3 is 11.1 Å². The number of hydrogen-bond acceptors (Lipinski definition) is 4. The average Bonchev–Trinajstić information content (AvgIpc) is 3.27. The second-order valence-corrected chi connectivity index (χ2v) is 8.05. The van der Waals surface area contributed by atoms with E-state index in [4.69, 9.17) is 5.73 Å². The van der Waals surface area contributed by atoms with Gasteiger partial charge >= 0.3 is 6.18 Å². The highest BCUT2D eigenvalue weighted by molar-refractivity contribution is 5.91. The number of alkyl halides is 3. The van der Waals surface area contributed by atoms with Gasteiger partial charge in [0, 0.05) is 30.6 Å². The summed E-state index contributed by atoms with van der Waals surface area (Å²) in [6, 6.07) is 8.80. The predicted molar refractivity (Wildman–Crippen MR) is 130 cm³/mol. The number of halogens is 3. The number of benzene rings is 1. The van der Waals surface area contributed by atoms with Crippen LogP contribution in [0, 0.1) is 0 Å². The van der Waals surface area contributed by atoms with Crippen LogP contribution >= 0.6 is 0 Å². The Bertz CT molecular complexity index is 1160. The Morgan fingerprint density at radius 3 is 2.40 bits per heavy atom. The molecule has 0 radical (unpaired) electrons. The first-order chi connectivity index (χ1) is 16.7. The zero-order chi connectivity index (χ0) is 25.3. The number of aryl methyl sites for hydroxylation is 1. The smallest absolute Gasteiger partial charge is 0.330 e. The maximum atomic E-state index is 12.1. The molecule has 3 aromatic rings. The molecule has 2 heterocycles. The van der Waals surface area contributed by atoms with Crippen molar-refractivity contribution in [3.8, 4) is 11.1 Å². The van der Waals surface area contributed by atoms with Crippen molar-refractivity contribution in [3.63, 3.8) is 0 Å². The Labute approximate surface area is 202 Å². The molecule has 9 heteroatoms. The van der Waals surface area contributed by atoms with Gasteiger partial charge in [0.05, 0.1) is 18.2 Å². The largest absolute Gasteiger partial charge is 0.416 e. The lowest BCUT2D eigenvalue weighted by molar-refractivity contribution is -0.137. The molecule has 184 valence electrons. The molecule has 0 spiro atoms. The summed E-state index contributed by atoms with van der Waals surface area (Å²) < 4.78 is 38.0. The number of hydrogen-bond donors (Lipinski definition) is 2. The number of nitrogens with two attached hydrogens (primary N) is 1. The van der Waals surface area contributed by atoms with E-state index in [-0.39, 0.29) is 5.91 Å². The number of nitrogens with zero attached hydrogens (tertiary/aromatic N) is 3. The van der Waals surface area contributed by atoms with Crippen LogP contribution in [0.25, 0.3) is 11.1 Å². The first-order valence-corrected chi connectivity index (χ1v) is 11.2. The van der Waals surface area contributed by atoms with Crippen molar-refractivity contribution in [2.75, 3.05) is 11.9 Å². The highest BCUT2D eigenvalue weighted by Crippen LogP contribution is 2.29. The number of carbonyl (C=O) groups is 1. The molecule has 0 fully saturated rings. The van der Waals surface area contributed by atoms with Crippen LogP contribution in [0.2, 0.25) is 0 Å². The van der Waals surface area contributed by atoms with E-state index in [0.29, 0.717) is 25.2 Å². The van der Waals surface area contributed by atoms with Gasteiger partial charge in [0.15, 0.2) is 0 Å².